The molecule has 1 N–H and O–H groups in total. The van der Waals surface area contributed by atoms with Gasteiger partial charge in [-0.3, -0.25) is 14.5 Å². The van der Waals surface area contributed by atoms with Gasteiger partial charge < -0.3 is 9.84 Å². The summed E-state index contributed by atoms with van der Waals surface area (Å²) < 4.78 is 6.17. The summed E-state index contributed by atoms with van der Waals surface area (Å²) >= 11 is 0. The molecule has 1 aliphatic carbocycles. The van der Waals surface area contributed by atoms with E-state index in [9.17, 15) is 9.59 Å². The van der Waals surface area contributed by atoms with Crippen LogP contribution in [0, 0.1) is 12.8 Å². The second-order valence-corrected chi connectivity index (χ2v) is 10.8. The van der Waals surface area contributed by atoms with Crippen LogP contribution in [-0.2, 0) is 9.63 Å². The number of carbonyl (C=O) groups excluding carboxylic acids is 1. The van der Waals surface area contributed by atoms with Crippen LogP contribution in [0.4, 0.5) is 16.2 Å². The molecule has 1 aliphatic heterocycles. The highest BCUT2D eigenvalue weighted by molar-refractivity contribution is 6.03. The van der Waals surface area contributed by atoms with E-state index < -0.39 is 5.97 Å². The Hall–Kier alpha value is -3.84. The first-order chi connectivity index (χ1) is 18.8. The van der Waals surface area contributed by atoms with Gasteiger partial charge in [-0.1, -0.05) is 42.5 Å². The van der Waals surface area contributed by atoms with Gasteiger partial charge in [0.25, 0.3) is 0 Å². The minimum absolute atomic E-state index is 0.174. The lowest BCUT2D eigenvalue weighted by Gasteiger charge is -2.36. The zero-order valence-corrected chi connectivity index (χ0v) is 22.8. The van der Waals surface area contributed by atoms with E-state index in [0.717, 1.165) is 42.4 Å². The summed E-state index contributed by atoms with van der Waals surface area (Å²) in [7, 11) is 1.50. The van der Waals surface area contributed by atoms with Crippen molar-refractivity contribution in [2.24, 2.45) is 5.92 Å². The van der Waals surface area contributed by atoms with Crippen LogP contribution in [0.5, 0.6) is 5.75 Å². The van der Waals surface area contributed by atoms with Gasteiger partial charge in [-0.25, -0.2) is 4.79 Å². The second-order valence-electron chi connectivity index (χ2n) is 10.8. The molecule has 1 unspecified atom stereocenters. The lowest BCUT2D eigenvalue weighted by Crippen LogP contribution is -2.49. The highest BCUT2D eigenvalue weighted by Crippen LogP contribution is 2.40. The van der Waals surface area contributed by atoms with Crippen LogP contribution in [0.1, 0.15) is 56.1 Å². The number of ether oxygens (including phenoxy) is 1. The number of urea groups is 1. The number of hydrogen-bond acceptors (Lipinski definition) is 4. The maximum Gasteiger partial charge on any atom is 0.353 e. The summed E-state index contributed by atoms with van der Waals surface area (Å²) in [6, 6.07) is 22.0. The van der Waals surface area contributed by atoms with Crippen molar-refractivity contribution in [2.45, 2.75) is 58.0 Å². The summed E-state index contributed by atoms with van der Waals surface area (Å²) in [6.45, 7) is 4.36. The van der Waals surface area contributed by atoms with E-state index in [1.807, 2.05) is 56.3 Å². The Balaban J connectivity index is 1.33. The molecular formula is C32H36N2O5. The van der Waals surface area contributed by atoms with E-state index in [4.69, 9.17) is 14.7 Å². The molecule has 0 spiro atoms. The first-order valence-corrected chi connectivity index (χ1v) is 13.7. The number of benzene rings is 3. The predicted molar refractivity (Wildman–Crippen MR) is 152 cm³/mol. The van der Waals surface area contributed by atoms with Crippen molar-refractivity contribution in [3.63, 3.8) is 0 Å². The number of carboxylic acids is 1. The van der Waals surface area contributed by atoms with E-state index in [2.05, 4.69) is 24.3 Å². The molecule has 2 aliphatic rings. The standard InChI is InChI=1S/C32H36N2O5/c1-21-5-4-6-28(17-21)34(38-3)32(37)33-20-22(2)39-30-19-27(15-16-29(30)33)26-13-11-25(12-14-26)24-9-7-23(8-10-24)18-31(35)36/h4-6,11-17,19,22-24H,7-10,18,20H2,1-3H3,(H,35,36). The predicted octanol–water partition coefficient (Wildman–Crippen LogP) is 7.19. The number of fused-ring (bicyclic) bond motifs is 1. The molecule has 0 aromatic heterocycles. The Morgan fingerprint density at radius 1 is 1.00 bits per heavy atom. The SMILES string of the molecule is CON(C(=O)N1CC(C)Oc2cc(-c3ccc(C4CCC(CC(=O)O)CC4)cc3)ccc21)c1cccc(C)c1. The van der Waals surface area contributed by atoms with Crippen LogP contribution in [-0.4, -0.2) is 36.9 Å². The van der Waals surface area contributed by atoms with Crippen molar-refractivity contribution < 1.29 is 24.3 Å². The fourth-order valence-electron chi connectivity index (χ4n) is 5.85. The van der Waals surface area contributed by atoms with Crippen LogP contribution in [0.15, 0.2) is 66.7 Å². The van der Waals surface area contributed by atoms with E-state index in [-0.39, 0.29) is 18.6 Å². The average Bonchev–Trinajstić information content (AvgIpc) is 2.93. The maximum atomic E-state index is 13.6. The van der Waals surface area contributed by atoms with Gasteiger partial charge in [0.15, 0.2) is 0 Å². The molecule has 5 rings (SSSR count). The zero-order valence-electron chi connectivity index (χ0n) is 22.8. The van der Waals surface area contributed by atoms with Crippen LogP contribution < -0.4 is 14.7 Å². The zero-order chi connectivity index (χ0) is 27.5. The van der Waals surface area contributed by atoms with Crippen LogP contribution in [0.3, 0.4) is 0 Å². The third-order valence-corrected chi connectivity index (χ3v) is 7.87. The molecule has 2 amide bonds. The highest BCUT2D eigenvalue weighted by Gasteiger charge is 2.32. The summed E-state index contributed by atoms with van der Waals surface area (Å²) in [4.78, 5) is 31.9. The lowest BCUT2D eigenvalue weighted by molar-refractivity contribution is -0.138. The van der Waals surface area contributed by atoms with E-state index in [1.165, 1.54) is 17.7 Å². The van der Waals surface area contributed by atoms with Gasteiger partial charge in [-0.15, -0.1) is 0 Å². The molecule has 7 heteroatoms. The number of carbonyl (C=O) groups is 2. The van der Waals surface area contributed by atoms with Gasteiger partial charge in [-0.05, 0) is 97.9 Å². The topological polar surface area (TPSA) is 79.3 Å². The van der Waals surface area contributed by atoms with Crippen molar-refractivity contribution in [3.8, 4) is 16.9 Å². The number of aliphatic carboxylic acids is 1. The first kappa shape index (κ1) is 26.8. The third-order valence-electron chi connectivity index (χ3n) is 7.87. The largest absolute Gasteiger partial charge is 0.487 e. The summed E-state index contributed by atoms with van der Waals surface area (Å²) in [5.74, 6) is 0.755. The summed E-state index contributed by atoms with van der Waals surface area (Å²) in [6.07, 6.45) is 4.12. The van der Waals surface area contributed by atoms with Crippen molar-refractivity contribution in [3.05, 3.63) is 77.9 Å². The summed E-state index contributed by atoms with van der Waals surface area (Å²) in [5.41, 5.74) is 5.84. The van der Waals surface area contributed by atoms with Gasteiger partial charge in [0.1, 0.15) is 11.9 Å². The monoisotopic (exact) mass is 528 g/mol. The lowest BCUT2D eigenvalue weighted by atomic mass is 9.77. The molecule has 1 heterocycles. The molecule has 0 bridgehead atoms. The average molecular weight is 529 g/mol. The fourth-order valence-corrected chi connectivity index (χ4v) is 5.85. The van der Waals surface area contributed by atoms with Gasteiger partial charge >= 0.3 is 12.0 Å². The number of anilines is 2. The highest BCUT2D eigenvalue weighted by atomic mass is 16.7. The van der Waals surface area contributed by atoms with E-state index in [0.29, 0.717) is 35.5 Å². The molecule has 7 nitrogen and oxygen atoms in total. The molecule has 0 saturated heterocycles. The maximum absolute atomic E-state index is 13.6. The molecular weight excluding hydrogens is 492 g/mol. The smallest absolute Gasteiger partial charge is 0.353 e. The number of hydrogen-bond donors (Lipinski definition) is 1. The van der Waals surface area contributed by atoms with Crippen LogP contribution >= 0.6 is 0 Å². The van der Waals surface area contributed by atoms with Crippen LogP contribution in [0.25, 0.3) is 11.1 Å². The molecule has 204 valence electrons. The van der Waals surface area contributed by atoms with E-state index >= 15 is 0 Å². The van der Waals surface area contributed by atoms with Gasteiger partial charge in [-0.2, -0.15) is 5.06 Å². The molecule has 0 radical (unpaired) electrons. The fraction of sp³-hybridized carbons (Fsp3) is 0.375. The van der Waals surface area contributed by atoms with Crippen molar-refractivity contribution in [2.75, 3.05) is 23.6 Å². The number of rotatable bonds is 6. The third kappa shape index (κ3) is 5.93. The number of amides is 2. The molecule has 1 atom stereocenters. The Kier molecular flexibility index (Phi) is 7.89. The molecule has 39 heavy (non-hydrogen) atoms. The van der Waals surface area contributed by atoms with Crippen molar-refractivity contribution >= 4 is 23.4 Å². The molecule has 3 aromatic carbocycles. The number of carboxylic acid groups (broad SMARTS) is 1. The minimum atomic E-state index is -0.694. The van der Waals surface area contributed by atoms with Crippen molar-refractivity contribution in [1.29, 1.82) is 0 Å². The quantitative estimate of drug-likeness (QED) is 0.343. The number of aryl methyl sites for hydroxylation is 1. The van der Waals surface area contributed by atoms with Crippen molar-refractivity contribution in [1.82, 2.24) is 0 Å². The summed E-state index contributed by atoms with van der Waals surface area (Å²) in [5, 5.41) is 10.4. The van der Waals surface area contributed by atoms with Crippen LogP contribution in [0.2, 0.25) is 0 Å². The first-order valence-electron chi connectivity index (χ1n) is 13.7. The molecule has 1 fully saturated rings. The minimum Gasteiger partial charge on any atom is -0.487 e. The number of hydroxylamine groups is 1. The van der Waals surface area contributed by atoms with Gasteiger partial charge in [0.2, 0.25) is 0 Å². The second kappa shape index (κ2) is 11.5. The Morgan fingerprint density at radius 3 is 2.38 bits per heavy atom. The number of nitrogens with zero attached hydrogens (tertiary/aromatic N) is 2. The normalized spacial score (nSPS) is 20.6. The van der Waals surface area contributed by atoms with E-state index in [1.54, 1.807) is 4.90 Å². The Bertz CT molecular complexity index is 1330. The van der Waals surface area contributed by atoms with Gasteiger partial charge in [0.05, 0.1) is 25.0 Å². The van der Waals surface area contributed by atoms with Gasteiger partial charge in [0, 0.05) is 6.42 Å². The molecule has 1 saturated carbocycles. The molecule has 3 aromatic rings. The Morgan fingerprint density at radius 2 is 1.72 bits per heavy atom. The Labute approximate surface area is 229 Å².